The first-order valence-corrected chi connectivity index (χ1v) is 37.3. The molecule has 8 aromatic rings. The molecule has 0 aromatic heterocycles. The minimum Gasteiger partial charge on any atom is -0.462 e. The molecule has 8 aromatic carbocycles. The van der Waals surface area contributed by atoms with Gasteiger partial charge >= 0.3 is 23.2 Å². The van der Waals surface area contributed by atoms with Gasteiger partial charge in [-0.3, -0.25) is 9.05 Å². The van der Waals surface area contributed by atoms with E-state index in [1.807, 2.05) is 60.7 Å². The Labute approximate surface area is 566 Å². The summed E-state index contributed by atoms with van der Waals surface area (Å²) in [6, 6.07) is 49.5. The van der Waals surface area contributed by atoms with Crippen LogP contribution in [0.1, 0.15) is 256 Å². The summed E-state index contributed by atoms with van der Waals surface area (Å²) in [5, 5.41) is 3.64. The molecule has 0 bridgehead atoms. The number of rotatable bonds is 41. The van der Waals surface area contributed by atoms with E-state index in [9.17, 15) is 0 Å². The molecule has 0 radical (unpaired) electrons. The van der Waals surface area contributed by atoms with Crippen molar-refractivity contribution >= 4 is 44.7 Å². The highest BCUT2D eigenvalue weighted by Crippen LogP contribution is 2.51. The molecular weight excluding hydrogens is 1210 g/mol. The SMILES string of the molecule is CCCCCCCCCCOOCc1cc2ccccc2c(-c2c(COP(Oc3ccccc3C(C)C)Oc3ccc(C)cc3C(C)C)c(C(=O)OCCCCCCCCCC)cc3ccccc23)c1COP(Oc1ccccc1C(C)C)Oc1ccc(C)cc1C(C)C. The lowest BCUT2D eigenvalue weighted by Gasteiger charge is -2.26. The predicted molar refractivity (Wildman–Crippen MR) is 391 cm³/mol. The van der Waals surface area contributed by atoms with E-state index < -0.39 is 23.2 Å². The third-order valence-corrected chi connectivity index (χ3v) is 19.5. The molecule has 10 nitrogen and oxygen atoms in total. The second-order valence-electron chi connectivity index (χ2n) is 26.4. The van der Waals surface area contributed by atoms with Crippen LogP contribution in [-0.4, -0.2) is 19.2 Å². The Bertz CT molecular complexity index is 3630. The van der Waals surface area contributed by atoms with Crippen LogP contribution in [0.5, 0.6) is 23.0 Å². The van der Waals surface area contributed by atoms with Crippen LogP contribution in [0.4, 0.5) is 0 Å². The van der Waals surface area contributed by atoms with Gasteiger partial charge in [0, 0.05) is 5.56 Å². The van der Waals surface area contributed by atoms with Crippen molar-refractivity contribution < 1.29 is 46.4 Å². The number of fused-ring (bicyclic) bond motifs is 2. The fraction of sp³-hybridized carbons (Fsp3) is 0.451. The number of aryl methyl sites for hydroxylation is 2. The summed E-state index contributed by atoms with van der Waals surface area (Å²) >= 11 is 0. The summed E-state index contributed by atoms with van der Waals surface area (Å²) in [6.45, 7) is 26.8. The van der Waals surface area contributed by atoms with Gasteiger partial charge in [-0.25, -0.2) is 14.6 Å². The highest BCUT2D eigenvalue weighted by molar-refractivity contribution is 7.42. The van der Waals surface area contributed by atoms with Crippen molar-refractivity contribution in [1.29, 1.82) is 0 Å². The molecule has 8 rings (SSSR count). The standard InChI is InChI=1S/C82H106O10P2/c1-13-15-17-19-21-23-25-35-49-84-82(83)73-54-65-38-28-30-42-70(65)81(75(73)57-88-94(90-77-44-34-32-40-68(77)59(5)6)92-79-48-46-63(12)52-72(79)61(9)10)80-69-41-29-27-37-64(69)53-66(55-86-85-50-36-26-24-22-20-18-16-14-2)74(80)56-87-93(89-76-43-33-31-39-67(76)58(3)4)91-78-47-45-62(11)51-71(78)60(7)8/h27-34,37-48,51-54,58-61H,13-26,35-36,49-50,55-57H2,1-12H3. The minimum absolute atomic E-state index is 0.00732. The molecule has 0 aliphatic carbocycles. The van der Waals surface area contributed by atoms with Gasteiger partial charge in [-0.2, -0.15) is 0 Å². The van der Waals surface area contributed by atoms with Crippen LogP contribution in [0.15, 0.2) is 146 Å². The van der Waals surface area contributed by atoms with Gasteiger partial charge in [0.15, 0.2) is 0 Å². The second kappa shape index (κ2) is 38.4. The molecule has 0 saturated carbocycles. The Kier molecular flexibility index (Phi) is 30.0. The maximum atomic E-state index is 15.4. The highest BCUT2D eigenvalue weighted by Gasteiger charge is 2.31. The lowest BCUT2D eigenvalue weighted by Crippen LogP contribution is -2.14. The molecule has 0 aliphatic rings. The second-order valence-corrected chi connectivity index (χ2v) is 28.6. The van der Waals surface area contributed by atoms with Crippen LogP contribution in [0.25, 0.3) is 32.7 Å². The first-order chi connectivity index (χ1) is 45.6. The Morgan fingerprint density at radius 1 is 0.383 bits per heavy atom. The zero-order valence-corrected chi connectivity index (χ0v) is 60.3. The third kappa shape index (κ3) is 21.3. The summed E-state index contributed by atoms with van der Waals surface area (Å²) in [4.78, 5) is 27.9. The molecule has 0 aliphatic heterocycles. The average molecular weight is 1310 g/mol. The Morgan fingerprint density at radius 3 is 1.26 bits per heavy atom. The topological polar surface area (TPSA) is 100 Å². The molecule has 2 unspecified atom stereocenters. The Balaban J connectivity index is 1.31. The molecule has 0 heterocycles. The zero-order chi connectivity index (χ0) is 66.8. The van der Waals surface area contributed by atoms with Gasteiger partial charge < -0.3 is 22.8 Å². The number of esters is 1. The van der Waals surface area contributed by atoms with Crippen molar-refractivity contribution in [3.05, 3.63) is 201 Å². The minimum atomic E-state index is -2.20. The van der Waals surface area contributed by atoms with Crippen LogP contribution >= 0.6 is 17.2 Å². The smallest absolute Gasteiger partial charge is 0.462 e. The van der Waals surface area contributed by atoms with Crippen molar-refractivity contribution in [2.24, 2.45) is 0 Å². The maximum absolute atomic E-state index is 15.4. The Hall–Kier alpha value is -6.35. The lowest BCUT2D eigenvalue weighted by molar-refractivity contribution is -0.304. The molecule has 0 N–H and O–H groups in total. The Morgan fingerprint density at radius 2 is 0.777 bits per heavy atom. The number of para-hydroxylation sites is 2. The van der Waals surface area contributed by atoms with E-state index >= 15 is 4.79 Å². The summed E-state index contributed by atoms with van der Waals surface area (Å²) in [5.41, 5.74) is 10.6. The summed E-state index contributed by atoms with van der Waals surface area (Å²) < 4.78 is 49.2. The van der Waals surface area contributed by atoms with Gasteiger partial charge in [0.05, 0.1) is 32.0 Å². The van der Waals surface area contributed by atoms with Crippen LogP contribution in [0.3, 0.4) is 0 Å². The fourth-order valence-electron chi connectivity index (χ4n) is 12.2. The first-order valence-electron chi connectivity index (χ1n) is 35.1. The number of carbonyl (C=O) groups excluding carboxylic acids is 1. The van der Waals surface area contributed by atoms with Gasteiger partial charge in [-0.1, -0.05) is 279 Å². The van der Waals surface area contributed by atoms with Crippen LogP contribution in [0, 0.1) is 13.8 Å². The molecule has 94 heavy (non-hydrogen) atoms. The van der Waals surface area contributed by atoms with Crippen molar-refractivity contribution in [1.82, 2.24) is 0 Å². The number of ether oxygens (including phenoxy) is 1. The highest BCUT2D eigenvalue weighted by atomic mass is 31.2. The monoisotopic (exact) mass is 1310 g/mol. The van der Waals surface area contributed by atoms with Crippen molar-refractivity contribution in [2.45, 2.75) is 229 Å². The molecule has 0 amide bonds. The molecular formula is C82H106O10P2. The van der Waals surface area contributed by atoms with Gasteiger partial charge in [0.25, 0.3) is 0 Å². The molecule has 0 saturated heterocycles. The zero-order valence-electron chi connectivity index (χ0n) is 58.5. The van der Waals surface area contributed by atoms with E-state index in [0.29, 0.717) is 40.7 Å². The van der Waals surface area contributed by atoms with Crippen molar-refractivity contribution in [3.63, 3.8) is 0 Å². The summed E-state index contributed by atoms with van der Waals surface area (Å²) in [7, 11) is -4.36. The maximum Gasteiger partial charge on any atom is 0.463 e. The van der Waals surface area contributed by atoms with Gasteiger partial charge in [-0.15, -0.1) is 0 Å². The summed E-state index contributed by atoms with van der Waals surface area (Å²) in [6.07, 6.45) is 18.4. The number of carbonyl (C=O) groups is 1. The first kappa shape index (κ1) is 73.5. The molecule has 504 valence electrons. The summed E-state index contributed by atoms with van der Waals surface area (Å²) in [5.74, 6) is 2.87. The molecule has 12 heteroatoms. The van der Waals surface area contributed by atoms with E-state index in [1.165, 1.54) is 70.6 Å². The van der Waals surface area contributed by atoms with E-state index in [2.05, 4.69) is 168 Å². The quantitative estimate of drug-likeness (QED) is 0.0121. The predicted octanol–water partition coefficient (Wildman–Crippen LogP) is 25.5. The lowest BCUT2D eigenvalue weighted by atomic mass is 9.83. The fourth-order valence-corrected chi connectivity index (χ4v) is 14.2. The number of hydrogen-bond acceptors (Lipinski definition) is 10. The third-order valence-electron chi connectivity index (χ3n) is 17.5. The van der Waals surface area contributed by atoms with Crippen molar-refractivity contribution in [3.8, 4) is 34.1 Å². The molecule has 2 atom stereocenters. The van der Waals surface area contributed by atoms with E-state index in [4.69, 9.17) is 41.7 Å². The van der Waals surface area contributed by atoms with Crippen LogP contribution in [-0.2, 0) is 43.4 Å². The number of unbranched alkanes of at least 4 members (excludes halogenated alkanes) is 14. The number of benzene rings is 8. The van der Waals surface area contributed by atoms with E-state index in [-0.39, 0.29) is 50.1 Å². The van der Waals surface area contributed by atoms with Gasteiger partial charge in [-0.05, 0) is 153 Å². The number of hydrogen-bond donors (Lipinski definition) is 0. The van der Waals surface area contributed by atoms with E-state index in [1.54, 1.807) is 0 Å². The molecule has 0 spiro atoms. The van der Waals surface area contributed by atoms with Crippen molar-refractivity contribution in [2.75, 3.05) is 13.2 Å². The van der Waals surface area contributed by atoms with Crippen LogP contribution in [0.2, 0.25) is 0 Å². The largest absolute Gasteiger partial charge is 0.463 e. The molecule has 0 fully saturated rings. The normalized spacial score (nSPS) is 12.4. The van der Waals surface area contributed by atoms with E-state index in [0.717, 1.165) is 109 Å². The van der Waals surface area contributed by atoms with Crippen LogP contribution < -0.4 is 18.1 Å². The van der Waals surface area contributed by atoms with Gasteiger partial charge in [0.1, 0.15) is 29.6 Å². The van der Waals surface area contributed by atoms with Gasteiger partial charge in [0.2, 0.25) is 0 Å². The average Bonchev–Trinajstić information content (AvgIpc) is 0.736.